The first-order chi connectivity index (χ1) is 21.8. The molecule has 1 amide bonds. The van der Waals surface area contributed by atoms with Crippen LogP contribution in [0.15, 0.2) is 124 Å². The molecule has 0 fully saturated rings. The lowest BCUT2D eigenvalue weighted by molar-refractivity contribution is -0.113. The van der Waals surface area contributed by atoms with Crippen LogP contribution in [0.5, 0.6) is 5.75 Å². The molecule has 45 heavy (non-hydrogen) atoms. The van der Waals surface area contributed by atoms with Crippen LogP contribution in [-0.4, -0.2) is 21.6 Å². The van der Waals surface area contributed by atoms with Crippen LogP contribution in [0.2, 0.25) is 0 Å². The van der Waals surface area contributed by atoms with Crippen molar-refractivity contribution in [1.82, 2.24) is 4.57 Å². The van der Waals surface area contributed by atoms with E-state index in [1.54, 1.807) is 41.8 Å². The third-order valence-electron chi connectivity index (χ3n) is 7.45. The highest BCUT2D eigenvalue weighted by Crippen LogP contribution is 2.31. The molecule has 0 saturated heterocycles. The van der Waals surface area contributed by atoms with E-state index < -0.39 is 12.0 Å². The minimum absolute atomic E-state index is 0.205. The number of carbonyl (C=O) groups is 2. The molecule has 0 saturated carbocycles. The number of hydrogen-bond donors (Lipinski definition) is 2. The number of carboxylic acids is 1. The maximum atomic E-state index is 14.0. The largest absolute Gasteiger partial charge is 0.489 e. The normalized spacial score (nSPS) is 14.4. The molecule has 0 unspecified atom stereocenters. The lowest BCUT2D eigenvalue weighted by Crippen LogP contribution is -2.40. The van der Waals surface area contributed by atoms with Gasteiger partial charge in [-0.2, -0.15) is 0 Å². The number of thiazole rings is 1. The van der Waals surface area contributed by atoms with Crippen LogP contribution in [0.25, 0.3) is 6.08 Å². The smallest absolute Gasteiger partial charge is 0.335 e. The zero-order valence-corrected chi connectivity index (χ0v) is 25.4. The summed E-state index contributed by atoms with van der Waals surface area (Å²) in [7, 11) is 0. The molecule has 2 heterocycles. The van der Waals surface area contributed by atoms with Crippen molar-refractivity contribution in [2.75, 3.05) is 5.32 Å². The van der Waals surface area contributed by atoms with Crippen LogP contribution in [0.3, 0.4) is 0 Å². The number of nitrogens with one attached hydrogen (secondary N) is 1. The van der Waals surface area contributed by atoms with Crippen molar-refractivity contribution in [2.24, 2.45) is 4.99 Å². The van der Waals surface area contributed by atoms with Gasteiger partial charge in [-0.05, 0) is 73.0 Å². The number of rotatable bonds is 8. The standard InChI is InChI=1S/C36H29N3O5S/c1-22-11-15-26(16-12-22)32-31(33(40)38-28-9-4-3-5-10-28)23(2)37-36-39(32)34(41)30(45-36)20-24-13-17-29(18-14-24)44-21-25-7-6-8-27(19-25)35(42)43/h3-20,32H,21H2,1-2H3,(H,38,40)(H,42,43)/b30-20-/t32-/m0/s1. The van der Waals surface area contributed by atoms with Crippen molar-refractivity contribution >= 4 is 35.0 Å². The number of hydrogen-bond acceptors (Lipinski definition) is 6. The summed E-state index contributed by atoms with van der Waals surface area (Å²) in [5, 5.41) is 12.2. The van der Waals surface area contributed by atoms with Gasteiger partial charge >= 0.3 is 5.97 Å². The Bertz CT molecular complexity index is 2110. The second-order valence-corrected chi connectivity index (χ2v) is 11.7. The first-order valence-corrected chi connectivity index (χ1v) is 15.1. The summed E-state index contributed by atoms with van der Waals surface area (Å²) >= 11 is 1.28. The third-order valence-corrected chi connectivity index (χ3v) is 8.43. The second kappa shape index (κ2) is 12.6. The Hall–Kier alpha value is -5.54. The Morgan fingerprint density at radius 1 is 0.956 bits per heavy atom. The van der Waals surface area contributed by atoms with Crippen LogP contribution in [0.1, 0.15) is 45.6 Å². The molecular formula is C36H29N3O5S. The monoisotopic (exact) mass is 615 g/mol. The van der Waals surface area contributed by atoms with E-state index in [0.717, 1.165) is 22.3 Å². The van der Waals surface area contributed by atoms with Gasteiger partial charge in [0.2, 0.25) is 0 Å². The molecular weight excluding hydrogens is 586 g/mol. The van der Waals surface area contributed by atoms with Crippen molar-refractivity contribution < 1.29 is 19.4 Å². The van der Waals surface area contributed by atoms with Gasteiger partial charge < -0.3 is 15.2 Å². The Balaban J connectivity index is 1.31. The molecule has 6 rings (SSSR count). The average molecular weight is 616 g/mol. The number of aryl methyl sites for hydroxylation is 1. The zero-order chi connectivity index (χ0) is 31.5. The number of nitrogens with zero attached hydrogens (tertiary/aromatic N) is 2. The highest BCUT2D eigenvalue weighted by molar-refractivity contribution is 7.07. The van der Waals surface area contributed by atoms with Crippen molar-refractivity contribution in [3.05, 3.63) is 162 Å². The molecule has 8 nitrogen and oxygen atoms in total. The fourth-order valence-electron chi connectivity index (χ4n) is 5.17. The van der Waals surface area contributed by atoms with Gasteiger partial charge in [-0.15, -0.1) is 0 Å². The Morgan fingerprint density at radius 3 is 2.40 bits per heavy atom. The molecule has 1 aromatic heterocycles. The number of aromatic nitrogens is 1. The summed E-state index contributed by atoms with van der Waals surface area (Å²) in [5.74, 6) is -0.690. The molecule has 9 heteroatoms. The Labute approximate surface area is 262 Å². The molecule has 4 aromatic carbocycles. The van der Waals surface area contributed by atoms with Crippen LogP contribution >= 0.6 is 11.3 Å². The molecule has 0 aliphatic carbocycles. The number of anilines is 1. The van der Waals surface area contributed by atoms with E-state index in [1.165, 1.54) is 17.4 Å². The van der Waals surface area contributed by atoms with Crippen LogP contribution in [-0.2, 0) is 11.4 Å². The number of carboxylic acid groups (broad SMARTS) is 1. The molecule has 224 valence electrons. The molecule has 1 aliphatic heterocycles. The van der Waals surface area contributed by atoms with Crippen molar-refractivity contribution in [3.8, 4) is 5.75 Å². The van der Waals surface area contributed by atoms with E-state index in [0.29, 0.717) is 32.0 Å². The fraction of sp³-hybridized carbons (Fsp3) is 0.111. The number of allylic oxidation sites excluding steroid dienone is 1. The maximum absolute atomic E-state index is 14.0. The van der Waals surface area contributed by atoms with Gasteiger partial charge in [-0.1, -0.05) is 83.6 Å². The van der Waals surface area contributed by atoms with E-state index in [4.69, 9.17) is 9.73 Å². The van der Waals surface area contributed by atoms with Gasteiger partial charge in [0, 0.05) is 5.69 Å². The molecule has 0 spiro atoms. The van der Waals surface area contributed by atoms with Gasteiger partial charge in [-0.25, -0.2) is 9.79 Å². The molecule has 1 atom stereocenters. The van der Waals surface area contributed by atoms with Crippen LogP contribution in [0.4, 0.5) is 5.69 Å². The number of amides is 1. The summed E-state index contributed by atoms with van der Waals surface area (Å²) in [6.45, 7) is 4.01. The van der Waals surface area contributed by atoms with E-state index in [2.05, 4.69) is 5.32 Å². The Kier molecular flexibility index (Phi) is 8.26. The van der Waals surface area contributed by atoms with Gasteiger partial charge in [0.05, 0.1) is 27.4 Å². The summed E-state index contributed by atoms with van der Waals surface area (Å²) in [6.07, 6.45) is 1.80. The zero-order valence-electron chi connectivity index (χ0n) is 24.6. The van der Waals surface area contributed by atoms with Crippen LogP contribution in [0, 0.1) is 6.92 Å². The molecule has 2 N–H and O–H groups in total. The van der Waals surface area contributed by atoms with Crippen molar-refractivity contribution in [1.29, 1.82) is 0 Å². The first-order valence-electron chi connectivity index (χ1n) is 14.3. The second-order valence-electron chi connectivity index (χ2n) is 10.7. The minimum Gasteiger partial charge on any atom is -0.489 e. The van der Waals surface area contributed by atoms with Gasteiger partial charge in [0.25, 0.3) is 11.5 Å². The fourth-order valence-corrected chi connectivity index (χ4v) is 6.21. The average Bonchev–Trinajstić information content (AvgIpc) is 3.34. The number of benzene rings is 4. The number of fused-ring (bicyclic) bond motifs is 1. The summed E-state index contributed by atoms with van der Waals surface area (Å²) in [5.41, 5.74) is 5.02. The van der Waals surface area contributed by atoms with Gasteiger partial charge in [0.15, 0.2) is 4.80 Å². The first kappa shape index (κ1) is 29.5. The predicted octanol–water partition coefficient (Wildman–Crippen LogP) is 5.46. The quantitative estimate of drug-likeness (QED) is 0.241. The maximum Gasteiger partial charge on any atom is 0.335 e. The van der Waals surface area contributed by atoms with E-state index in [9.17, 15) is 19.5 Å². The third kappa shape index (κ3) is 6.39. The van der Waals surface area contributed by atoms with Gasteiger partial charge in [0.1, 0.15) is 12.4 Å². The lowest BCUT2D eigenvalue weighted by atomic mass is 9.94. The lowest BCUT2D eigenvalue weighted by Gasteiger charge is -2.25. The van der Waals surface area contributed by atoms with Crippen LogP contribution < -0.4 is 24.9 Å². The SMILES string of the molecule is CC1=C(C(=O)Nc2ccccc2)[C@H](c2ccc(C)cc2)n2c(s/c(=C\c3ccc(OCc4cccc(C(=O)O)c4)cc3)c2=O)=N1. The Morgan fingerprint density at radius 2 is 1.69 bits per heavy atom. The number of aromatic carboxylic acids is 1. The van der Waals surface area contributed by atoms with Crippen molar-refractivity contribution in [2.45, 2.75) is 26.5 Å². The van der Waals surface area contributed by atoms with E-state index in [1.807, 2.05) is 79.7 Å². The molecule has 0 radical (unpaired) electrons. The molecule has 0 bridgehead atoms. The summed E-state index contributed by atoms with van der Waals surface area (Å²) < 4.78 is 7.95. The minimum atomic E-state index is -0.987. The number of ether oxygens (including phenoxy) is 1. The topological polar surface area (TPSA) is 110 Å². The highest BCUT2D eigenvalue weighted by Gasteiger charge is 2.32. The van der Waals surface area contributed by atoms with Crippen molar-refractivity contribution in [3.63, 3.8) is 0 Å². The van der Waals surface area contributed by atoms with Gasteiger partial charge in [-0.3, -0.25) is 14.2 Å². The molecule has 1 aliphatic rings. The number of carbonyl (C=O) groups excluding carboxylic acids is 1. The summed E-state index contributed by atoms with van der Waals surface area (Å²) in [4.78, 5) is 44.1. The summed E-state index contributed by atoms with van der Waals surface area (Å²) in [6, 6.07) is 30.3. The predicted molar refractivity (Wildman–Crippen MR) is 174 cm³/mol. The highest BCUT2D eigenvalue weighted by atomic mass is 32.1. The number of para-hydroxylation sites is 1. The molecule has 5 aromatic rings. The van der Waals surface area contributed by atoms with E-state index >= 15 is 0 Å². The van der Waals surface area contributed by atoms with E-state index in [-0.39, 0.29) is 23.6 Å².